The highest BCUT2D eigenvalue weighted by atomic mass is 16.7. The summed E-state index contributed by atoms with van der Waals surface area (Å²) >= 11 is 0. The number of hydrogen-bond acceptors (Lipinski definition) is 8. The molecular weight excluding hydrogens is 370 g/mol. The van der Waals surface area contributed by atoms with Crippen molar-refractivity contribution in [3.05, 3.63) is 22.7 Å². The van der Waals surface area contributed by atoms with Crippen LogP contribution in [0.4, 0.5) is 10.6 Å². The largest absolute Gasteiger partial charge is 0.450 e. The Bertz CT molecular complexity index is 741. The highest BCUT2D eigenvalue weighted by Gasteiger charge is 2.28. The third-order valence-electron chi connectivity index (χ3n) is 3.92. The van der Waals surface area contributed by atoms with Gasteiger partial charge >= 0.3 is 17.8 Å². The molecule has 10 heteroatoms. The molecule has 2 heterocycles. The Labute approximate surface area is 163 Å². The van der Waals surface area contributed by atoms with Gasteiger partial charge in [0.25, 0.3) is 0 Å². The van der Waals surface area contributed by atoms with E-state index in [1.165, 1.54) is 16.8 Å². The lowest BCUT2D eigenvalue weighted by Crippen LogP contribution is -2.29. The first-order valence-electron chi connectivity index (χ1n) is 9.14. The van der Waals surface area contributed by atoms with Gasteiger partial charge in [-0.2, -0.15) is 4.98 Å². The molecule has 0 saturated carbocycles. The SMILES string of the molecule is CCOC(=O)Nc1ccn([C@H]2CC[C@@H](COCOC(=O)C(C)(C)C)O2)c(=O)n1. The molecule has 28 heavy (non-hydrogen) atoms. The van der Waals surface area contributed by atoms with Crippen LogP contribution in [0, 0.1) is 5.41 Å². The smallest absolute Gasteiger partial charge is 0.412 e. The van der Waals surface area contributed by atoms with Crippen LogP contribution < -0.4 is 11.0 Å². The molecule has 1 aliphatic rings. The van der Waals surface area contributed by atoms with Crippen LogP contribution in [0.5, 0.6) is 0 Å². The topological polar surface area (TPSA) is 118 Å². The standard InChI is InChI=1S/C18H27N3O7/c1-5-26-17(24)20-13-8-9-21(16(23)19-13)14-7-6-12(28-14)10-25-11-27-15(22)18(2,3)4/h8-9,12,14H,5-7,10-11H2,1-4H3,(H,19,20,23,24)/t12-,14+/m0/s1. The fraction of sp³-hybridized carbons (Fsp3) is 0.667. The number of carbonyl (C=O) groups is 2. The Kier molecular flexibility index (Phi) is 7.53. The summed E-state index contributed by atoms with van der Waals surface area (Å²) in [5, 5.41) is 2.38. The Morgan fingerprint density at radius 3 is 2.71 bits per heavy atom. The molecule has 156 valence electrons. The summed E-state index contributed by atoms with van der Waals surface area (Å²) in [6, 6.07) is 1.50. The zero-order chi connectivity index (χ0) is 20.7. The van der Waals surface area contributed by atoms with Crippen LogP contribution in [0.2, 0.25) is 0 Å². The fourth-order valence-electron chi connectivity index (χ4n) is 2.48. The van der Waals surface area contributed by atoms with Gasteiger partial charge < -0.3 is 18.9 Å². The number of carbonyl (C=O) groups excluding carboxylic acids is 2. The van der Waals surface area contributed by atoms with Gasteiger partial charge in [0.2, 0.25) is 0 Å². The third kappa shape index (κ3) is 6.31. The van der Waals surface area contributed by atoms with Crippen molar-refractivity contribution >= 4 is 17.9 Å². The molecule has 2 rings (SSSR count). The molecule has 10 nitrogen and oxygen atoms in total. The summed E-state index contributed by atoms with van der Waals surface area (Å²) in [5.41, 5.74) is -1.12. The molecule has 0 spiro atoms. The molecule has 1 N–H and O–H groups in total. The molecule has 0 bridgehead atoms. The Morgan fingerprint density at radius 1 is 1.32 bits per heavy atom. The number of nitrogens with one attached hydrogen (secondary N) is 1. The van der Waals surface area contributed by atoms with Gasteiger partial charge in [0.1, 0.15) is 12.0 Å². The maximum atomic E-state index is 12.2. The minimum absolute atomic E-state index is 0.109. The Balaban J connectivity index is 1.81. The molecule has 1 saturated heterocycles. The third-order valence-corrected chi connectivity index (χ3v) is 3.92. The van der Waals surface area contributed by atoms with Gasteiger partial charge in [-0.15, -0.1) is 0 Å². The van der Waals surface area contributed by atoms with E-state index in [4.69, 9.17) is 18.9 Å². The Hall–Kier alpha value is -2.46. The molecule has 1 aromatic rings. The first-order valence-corrected chi connectivity index (χ1v) is 9.14. The van der Waals surface area contributed by atoms with Crippen LogP contribution in [0.1, 0.15) is 46.8 Å². The van der Waals surface area contributed by atoms with Gasteiger partial charge in [-0.1, -0.05) is 0 Å². The number of aromatic nitrogens is 2. The van der Waals surface area contributed by atoms with Crippen molar-refractivity contribution < 1.29 is 28.5 Å². The maximum absolute atomic E-state index is 12.2. The minimum atomic E-state index is -0.673. The number of hydrogen-bond donors (Lipinski definition) is 1. The van der Waals surface area contributed by atoms with Crippen LogP contribution in [0.25, 0.3) is 0 Å². The second-order valence-electron chi connectivity index (χ2n) is 7.31. The van der Waals surface area contributed by atoms with Crippen molar-refractivity contribution in [2.75, 3.05) is 25.3 Å². The van der Waals surface area contributed by atoms with E-state index in [1.54, 1.807) is 27.7 Å². The molecule has 1 aromatic heterocycles. The van der Waals surface area contributed by atoms with Crippen LogP contribution >= 0.6 is 0 Å². The number of amides is 1. The summed E-state index contributed by atoms with van der Waals surface area (Å²) in [5.74, 6) is -0.231. The minimum Gasteiger partial charge on any atom is -0.450 e. The number of esters is 1. The predicted molar refractivity (Wildman–Crippen MR) is 98.7 cm³/mol. The molecule has 1 aliphatic heterocycles. The second kappa shape index (κ2) is 9.65. The zero-order valence-corrected chi connectivity index (χ0v) is 16.6. The summed E-state index contributed by atoms with van der Waals surface area (Å²) in [4.78, 5) is 39.0. The molecular formula is C18H27N3O7. The maximum Gasteiger partial charge on any atom is 0.412 e. The normalized spacial score (nSPS) is 19.3. The number of nitrogens with zero attached hydrogens (tertiary/aromatic N) is 2. The molecule has 0 radical (unpaired) electrons. The van der Waals surface area contributed by atoms with E-state index >= 15 is 0 Å². The fourth-order valence-corrected chi connectivity index (χ4v) is 2.48. The molecule has 0 aliphatic carbocycles. The highest BCUT2D eigenvalue weighted by Crippen LogP contribution is 2.27. The average Bonchev–Trinajstić information content (AvgIpc) is 3.06. The molecule has 0 aromatic carbocycles. The number of ether oxygens (including phenoxy) is 4. The average molecular weight is 397 g/mol. The van der Waals surface area contributed by atoms with E-state index in [0.29, 0.717) is 12.8 Å². The molecule has 1 fully saturated rings. The van der Waals surface area contributed by atoms with Gasteiger partial charge in [-0.25, -0.2) is 9.59 Å². The van der Waals surface area contributed by atoms with Gasteiger partial charge in [0.15, 0.2) is 6.79 Å². The lowest BCUT2D eigenvalue weighted by molar-refractivity contribution is -0.169. The highest BCUT2D eigenvalue weighted by molar-refractivity contribution is 5.83. The van der Waals surface area contributed by atoms with E-state index < -0.39 is 23.4 Å². The summed E-state index contributed by atoms with van der Waals surface area (Å²) in [6.45, 7) is 7.29. The summed E-state index contributed by atoms with van der Waals surface area (Å²) in [6.07, 6.45) is 1.45. The van der Waals surface area contributed by atoms with Gasteiger partial charge in [-0.3, -0.25) is 14.7 Å². The molecule has 1 amide bonds. The number of anilines is 1. The van der Waals surface area contributed by atoms with Crippen LogP contribution in [0.3, 0.4) is 0 Å². The van der Waals surface area contributed by atoms with E-state index in [2.05, 4.69) is 10.3 Å². The van der Waals surface area contributed by atoms with E-state index in [-0.39, 0.29) is 37.9 Å². The van der Waals surface area contributed by atoms with Crippen molar-refractivity contribution in [2.45, 2.75) is 52.9 Å². The molecule has 0 unspecified atom stereocenters. The first-order chi connectivity index (χ1) is 13.2. The lowest BCUT2D eigenvalue weighted by Gasteiger charge is -2.18. The summed E-state index contributed by atoms with van der Waals surface area (Å²) < 4.78 is 22.3. The molecule has 2 atom stereocenters. The van der Waals surface area contributed by atoms with Gasteiger partial charge in [0.05, 0.1) is 24.7 Å². The van der Waals surface area contributed by atoms with Gasteiger partial charge in [-0.05, 0) is 46.6 Å². The van der Waals surface area contributed by atoms with E-state index in [1.807, 2.05) is 0 Å². The van der Waals surface area contributed by atoms with E-state index in [0.717, 1.165) is 0 Å². The van der Waals surface area contributed by atoms with Crippen molar-refractivity contribution in [1.82, 2.24) is 9.55 Å². The van der Waals surface area contributed by atoms with Crippen molar-refractivity contribution in [2.24, 2.45) is 5.41 Å². The first kappa shape index (κ1) is 21.8. The van der Waals surface area contributed by atoms with E-state index in [9.17, 15) is 14.4 Å². The summed E-state index contributed by atoms with van der Waals surface area (Å²) in [7, 11) is 0. The number of rotatable bonds is 7. The van der Waals surface area contributed by atoms with Crippen LogP contribution in [-0.4, -0.2) is 47.7 Å². The van der Waals surface area contributed by atoms with Crippen molar-refractivity contribution in [3.63, 3.8) is 0 Å². The zero-order valence-electron chi connectivity index (χ0n) is 16.6. The van der Waals surface area contributed by atoms with Gasteiger partial charge in [0, 0.05) is 6.20 Å². The van der Waals surface area contributed by atoms with Crippen LogP contribution in [-0.2, 0) is 23.7 Å². The Morgan fingerprint density at radius 2 is 2.07 bits per heavy atom. The van der Waals surface area contributed by atoms with Crippen molar-refractivity contribution in [1.29, 1.82) is 0 Å². The monoisotopic (exact) mass is 397 g/mol. The predicted octanol–water partition coefficient (Wildman–Crippen LogP) is 2.05. The quantitative estimate of drug-likeness (QED) is 0.422. The van der Waals surface area contributed by atoms with Crippen LogP contribution in [0.15, 0.2) is 17.1 Å². The lowest BCUT2D eigenvalue weighted by atomic mass is 9.98. The second-order valence-corrected chi connectivity index (χ2v) is 7.31. The van der Waals surface area contributed by atoms with Crippen molar-refractivity contribution in [3.8, 4) is 0 Å².